The first-order valence-electron chi connectivity index (χ1n) is 14.5. The lowest BCUT2D eigenvalue weighted by Crippen LogP contribution is -2.52. The molecule has 0 radical (unpaired) electrons. The Hall–Kier alpha value is -3.50. The molecule has 3 rings (SSSR count). The molecule has 0 saturated carbocycles. The summed E-state index contributed by atoms with van der Waals surface area (Å²) in [6.45, 7) is 10.3. The lowest BCUT2D eigenvalue weighted by Gasteiger charge is -2.33. The van der Waals surface area contributed by atoms with Crippen LogP contribution in [-0.4, -0.2) is 57.1 Å². The minimum absolute atomic E-state index is 0.0685. The highest BCUT2D eigenvalue weighted by atomic mass is 32.2. The minimum Gasteiger partial charge on any atom is -0.494 e. The van der Waals surface area contributed by atoms with Gasteiger partial charge in [-0.1, -0.05) is 50.6 Å². The number of sulfonamides is 1. The normalized spacial score (nSPS) is 12.1. The monoisotopic (exact) mass is 625 g/mol. The fraction of sp³-hybridized carbons (Fsp3) is 0.394. The number of hydrogen-bond acceptors (Lipinski definition) is 6. The highest BCUT2D eigenvalue weighted by Crippen LogP contribution is 2.28. The van der Waals surface area contributed by atoms with Crippen molar-refractivity contribution in [2.45, 2.75) is 63.4 Å². The maximum Gasteiger partial charge on any atom is 0.264 e. The molecule has 10 heteroatoms. The van der Waals surface area contributed by atoms with Crippen LogP contribution < -0.4 is 14.4 Å². The van der Waals surface area contributed by atoms with Gasteiger partial charge in [0.1, 0.15) is 18.3 Å². The first-order valence-corrected chi connectivity index (χ1v) is 17.2. The minimum atomic E-state index is -4.15. The second-order valence-electron chi connectivity index (χ2n) is 10.7. The number of nitrogens with zero attached hydrogens (tertiary/aromatic N) is 2. The maximum absolute atomic E-state index is 14.2. The molecule has 0 saturated heterocycles. The van der Waals surface area contributed by atoms with Gasteiger partial charge in [0.15, 0.2) is 0 Å². The van der Waals surface area contributed by atoms with E-state index in [2.05, 4.69) is 5.32 Å². The number of ether oxygens (including phenoxy) is 1. The van der Waals surface area contributed by atoms with Crippen molar-refractivity contribution in [3.8, 4) is 5.75 Å². The van der Waals surface area contributed by atoms with Crippen LogP contribution in [-0.2, 0) is 26.2 Å². The summed E-state index contributed by atoms with van der Waals surface area (Å²) in [5.41, 5.74) is 2.19. The molecule has 0 bridgehead atoms. The van der Waals surface area contributed by atoms with Gasteiger partial charge in [0, 0.05) is 18.0 Å². The Bertz CT molecular complexity index is 1460. The third-order valence-corrected chi connectivity index (χ3v) is 9.40. The summed E-state index contributed by atoms with van der Waals surface area (Å²) in [6.07, 6.45) is 2.28. The number of nitrogens with one attached hydrogen (secondary N) is 1. The first kappa shape index (κ1) is 34.0. The lowest BCUT2D eigenvalue weighted by molar-refractivity contribution is -0.140. The molecule has 1 N–H and O–H groups in total. The largest absolute Gasteiger partial charge is 0.494 e. The third kappa shape index (κ3) is 9.24. The molecule has 2 amide bonds. The number of benzene rings is 3. The summed E-state index contributed by atoms with van der Waals surface area (Å²) in [5.74, 6) is 0.0833. The van der Waals surface area contributed by atoms with Gasteiger partial charge in [0.25, 0.3) is 10.0 Å². The van der Waals surface area contributed by atoms with Crippen molar-refractivity contribution in [2.24, 2.45) is 5.92 Å². The molecule has 0 aliphatic carbocycles. The number of thioether (sulfide) groups is 1. The molecule has 0 spiro atoms. The van der Waals surface area contributed by atoms with Crippen molar-refractivity contribution >= 4 is 39.3 Å². The van der Waals surface area contributed by atoms with Gasteiger partial charge in [-0.3, -0.25) is 13.9 Å². The van der Waals surface area contributed by atoms with Crippen molar-refractivity contribution in [3.05, 3.63) is 83.9 Å². The Labute approximate surface area is 260 Å². The molecule has 43 heavy (non-hydrogen) atoms. The van der Waals surface area contributed by atoms with Crippen LogP contribution in [0.1, 0.15) is 45.2 Å². The average Bonchev–Trinajstić information content (AvgIpc) is 2.99. The Morgan fingerprint density at radius 1 is 0.977 bits per heavy atom. The Morgan fingerprint density at radius 2 is 1.65 bits per heavy atom. The zero-order valence-corrected chi connectivity index (χ0v) is 27.5. The zero-order chi connectivity index (χ0) is 31.6. The van der Waals surface area contributed by atoms with E-state index >= 15 is 0 Å². The number of carbonyl (C=O) groups excluding carboxylic acids is 2. The number of amides is 2. The average molecular weight is 626 g/mol. The summed E-state index contributed by atoms with van der Waals surface area (Å²) < 4.78 is 34.9. The van der Waals surface area contributed by atoms with E-state index in [9.17, 15) is 18.0 Å². The Morgan fingerprint density at radius 3 is 2.21 bits per heavy atom. The van der Waals surface area contributed by atoms with E-state index in [0.29, 0.717) is 31.0 Å². The van der Waals surface area contributed by atoms with Crippen molar-refractivity contribution < 1.29 is 22.7 Å². The molecular weight excluding hydrogens is 583 g/mol. The SMILES string of the molecule is CCOc1ccc(N(CC(=O)N(Cc2cccc(C)c2)C(CC)C(=O)NCC(C)C)S(=O)(=O)c2ccc(SC)cc2)cc1. The number of aryl methyl sites for hydroxylation is 1. The standard InChI is InChI=1S/C33H43N3O5S2/c1-7-31(33(38)34-21-24(3)4)35(22-26-11-9-10-25(5)20-26)32(37)23-36(27-12-14-28(15-13-27)41-8-2)43(39,40)30-18-16-29(42-6)17-19-30/h9-20,24,31H,7-8,21-23H2,1-6H3,(H,34,38). The molecule has 3 aromatic carbocycles. The molecular formula is C33H43N3O5S2. The van der Waals surface area contributed by atoms with Crippen LogP contribution in [0.25, 0.3) is 0 Å². The van der Waals surface area contributed by atoms with E-state index in [1.54, 1.807) is 48.5 Å². The molecule has 1 atom stereocenters. The van der Waals surface area contributed by atoms with Crippen LogP contribution in [0.4, 0.5) is 5.69 Å². The Kier molecular flexibility index (Phi) is 12.5. The topological polar surface area (TPSA) is 96.0 Å². The second kappa shape index (κ2) is 15.8. The molecule has 232 valence electrons. The predicted molar refractivity (Wildman–Crippen MR) is 174 cm³/mol. The van der Waals surface area contributed by atoms with Crippen LogP contribution in [0.3, 0.4) is 0 Å². The fourth-order valence-corrected chi connectivity index (χ4v) is 6.45. The summed E-state index contributed by atoms with van der Waals surface area (Å²) in [4.78, 5) is 30.1. The predicted octanol–water partition coefficient (Wildman–Crippen LogP) is 5.89. The highest BCUT2D eigenvalue weighted by molar-refractivity contribution is 7.98. The summed E-state index contributed by atoms with van der Waals surface area (Å²) >= 11 is 1.51. The molecule has 0 aromatic heterocycles. The highest BCUT2D eigenvalue weighted by Gasteiger charge is 2.33. The van der Waals surface area contributed by atoms with Crippen LogP contribution in [0.15, 0.2) is 82.6 Å². The van der Waals surface area contributed by atoms with Crippen molar-refractivity contribution in [1.82, 2.24) is 10.2 Å². The van der Waals surface area contributed by atoms with E-state index < -0.39 is 28.5 Å². The fourth-order valence-electron chi connectivity index (χ4n) is 4.63. The molecule has 0 aliphatic rings. The van der Waals surface area contributed by atoms with Gasteiger partial charge in [-0.25, -0.2) is 8.42 Å². The lowest BCUT2D eigenvalue weighted by atomic mass is 10.1. The smallest absolute Gasteiger partial charge is 0.264 e. The van der Waals surface area contributed by atoms with Crippen LogP contribution in [0, 0.1) is 12.8 Å². The zero-order valence-electron chi connectivity index (χ0n) is 25.9. The molecule has 0 fully saturated rings. The number of anilines is 1. The van der Waals surface area contributed by atoms with Crippen LogP contribution in [0.5, 0.6) is 5.75 Å². The van der Waals surface area contributed by atoms with Crippen molar-refractivity contribution in [3.63, 3.8) is 0 Å². The van der Waals surface area contributed by atoms with Crippen LogP contribution in [0.2, 0.25) is 0 Å². The van der Waals surface area contributed by atoms with Crippen LogP contribution >= 0.6 is 11.8 Å². The Balaban J connectivity index is 2.06. The van der Waals surface area contributed by atoms with E-state index in [-0.39, 0.29) is 23.3 Å². The molecule has 0 heterocycles. The second-order valence-corrected chi connectivity index (χ2v) is 13.4. The number of hydrogen-bond donors (Lipinski definition) is 1. The molecule has 0 aliphatic heterocycles. The molecule has 3 aromatic rings. The molecule has 8 nitrogen and oxygen atoms in total. The van der Waals surface area contributed by atoms with Gasteiger partial charge in [-0.2, -0.15) is 0 Å². The van der Waals surface area contributed by atoms with Gasteiger partial charge < -0.3 is 15.0 Å². The summed E-state index contributed by atoms with van der Waals surface area (Å²) in [5, 5.41) is 2.96. The van der Waals surface area contributed by atoms with Crippen molar-refractivity contribution in [1.29, 1.82) is 0 Å². The van der Waals surface area contributed by atoms with E-state index in [0.717, 1.165) is 20.3 Å². The quantitative estimate of drug-likeness (QED) is 0.212. The molecule has 1 unspecified atom stereocenters. The van der Waals surface area contributed by atoms with Gasteiger partial charge >= 0.3 is 0 Å². The maximum atomic E-state index is 14.2. The van der Waals surface area contributed by atoms with Gasteiger partial charge in [-0.05, 0) is 86.5 Å². The van der Waals surface area contributed by atoms with Gasteiger partial charge in [-0.15, -0.1) is 11.8 Å². The number of rotatable bonds is 15. The van der Waals surface area contributed by atoms with E-state index in [1.807, 2.05) is 65.1 Å². The van der Waals surface area contributed by atoms with Gasteiger partial charge in [0.05, 0.1) is 17.2 Å². The first-order chi connectivity index (χ1) is 20.5. The third-order valence-electron chi connectivity index (χ3n) is 6.87. The summed E-state index contributed by atoms with van der Waals surface area (Å²) in [6, 6.07) is 20.2. The van der Waals surface area contributed by atoms with E-state index in [1.165, 1.54) is 16.7 Å². The van der Waals surface area contributed by atoms with Gasteiger partial charge in [0.2, 0.25) is 11.8 Å². The van der Waals surface area contributed by atoms with Crippen molar-refractivity contribution in [2.75, 3.05) is 30.3 Å². The van der Waals surface area contributed by atoms with E-state index in [4.69, 9.17) is 4.74 Å². The summed E-state index contributed by atoms with van der Waals surface area (Å²) in [7, 11) is -4.15. The number of carbonyl (C=O) groups is 2.